The second-order valence-corrected chi connectivity index (χ2v) is 7.24. The highest BCUT2D eigenvalue weighted by Gasteiger charge is 2.31. The van der Waals surface area contributed by atoms with Crippen molar-refractivity contribution in [2.75, 3.05) is 13.1 Å². The maximum absolute atomic E-state index is 12.9. The summed E-state index contributed by atoms with van der Waals surface area (Å²) in [5.74, 6) is -0.365. The first kappa shape index (κ1) is 20.7. The number of amides is 1. The van der Waals surface area contributed by atoms with Crippen LogP contribution in [0.2, 0.25) is 0 Å². The van der Waals surface area contributed by atoms with Crippen LogP contribution in [0.25, 0.3) is 22.0 Å². The lowest BCUT2D eigenvalue weighted by molar-refractivity contribution is -0.137. The first-order chi connectivity index (χ1) is 14.7. The fourth-order valence-electron chi connectivity index (χ4n) is 3.64. The van der Waals surface area contributed by atoms with Crippen molar-refractivity contribution < 1.29 is 32.9 Å². The number of carboxylic acid groups (broad SMARTS) is 1. The zero-order chi connectivity index (χ0) is 22.2. The third kappa shape index (κ3) is 4.18. The Labute approximate surface area is 174 Å². The van der Waals surface area contributed by atoms with Gasteiger partial charge in [0, 0.05) is 22.9 Å². The van der Waals surface area contributed by atoms with E-state index in [9.17, 15) is 28.2 Å². The molecule has 0 radical (unpaired) electrons. The lowest BCUT2D eigenvalue weighted by Gasteiger charge is -2.30. The van der Waals surface area contributed by atoms with Crippen LogP contribution in [-0.2, 0) is 6.18 Å². The van der Waals surface area contributed by atoms with Crippen molar-refractivity contribution in [3.05, 3.63) is 48.0 Å². The van der Waals surface area contributed by atoms with Gasteiger partial charge in [0.2, 0.25) is 5.88 Å². The Morgan fingerprint density at radius 2 is 1.87 bits per heavy atom. The number of fused-ring (bicyclic) bond motifs is 1. The minimum absolute atomic E-state index is 0.109. The molecule has 1 aliphatic rings. The van der Waals surface area contributed by atoms with Crippen LogP contribution in [0, 0.1) is 0 Å². The monoisotopic (exact) mass is 433 g/mol. The molecule has 1 saturated heterocycles. The van der Waals surface area contributed by atoms with E-state index in [1.807, 2.05) is 0 Å². The molecule has 162 valence electrons. The summed E-state index contributed by atoms with van der Waals surface area (Å²) >= 11 is 0. The molecule has 1 aromatic heterocycles. The van der Waals surface area contributed by atoms with Crippen molar-refractivity contribution in [3.8, 4) is 22.9 Å². The predicted molar refractivity (Wildman–Crippen MR) is 105 cm³/mol. The highest BCUT2D eigenvalue weighted by atomic mass is 19.4. The van der Waals surface area contributed by atoms with E-state index >= 15 is 0 Å². The quantitative estimate of drug-likeness (QED) is 0.630. The highest BCUT2D eigenvalue weighted by molar-refractivity contribution is 5.98. The molecule has 1 aliphatic heterocycles. The number of likely N-dealkylation sites (tertiary alicyclic amines) is 1. The van der Waals surface area contributed by atoms with Crippen molar-refractivity contribution >= 4 is 16.9 Å². The summed E-state index contributed by atoms with van der Waals surface area (Å²) in [6, 6.07) is 9.58. The first-order valence-corrected chi connectivity index (χ1v) is 9.54. The van der Waals surface area contributed by atoms with Crippen molar-refractivity contribution in [1.82, 2.24) is 15.1 Å². The van der Waals surface area contributed by atoms with Gasteiger partial charge in [0.15, 0.2) is 0 Å². The number of benzene rings is 2. The lowest BCUT2D eigenvalue weighted by Crippen LogP contribution is -2.43. The topological polar surface area (TPSA) is 95.8 Å². The molecule has 7 nitrogen and oxygen atoms in total. The molecule has 1 fully saturated rings. The van der Waals surface area contributed by atoms with Gasteiger partial charge in [0.25, 0.3) is 0 Å². The van der Waals surface area contributed by atoms with Crippen molar-refractivity contribution in [2.45, 2.75) is 25.1 Å². The average Bonchev–Trinajstić information content (AvgIpc) is 2.74. The standard InChI is InChI=1S/C21H18F3N3O4/c22-21(23,24)12-7-8-16(17(28)10-12)18-14-5-1-2-6-15(14)19(26-25-18)31-13-4-3-9-27(11-13)20(29)30/h1-2,5-8,10,13,28H,3-4,9,11H2,(H,29,30). The Morgan fingerprint density at radius 1 is 1.13 bits per heavy atom. The smallest absolute Gasteiger partial charge is 0.416 e. The fraction of sp³-hybridized carbons (Fsp3) is 0.286. The molecule has 2 N–H and O–H groups in total. The van der Waals surface area contributed by atoms with Gasteiger partial charge >= 0.3 is 12.3 Å². The summed E-state index contributed by atoms with van der Waals surface area (Å²) in [4.78, 5) is 12.5. The summed E-state index contributed by atoms with van der Waals surface area (Å²) in [5.41, 5.74) is -0.644. The minimum atomic E-state index is -4.58. The maximum atomic E-state index is 12.9. The molecule has 3 aromatic rings. The molecule has 0 spiro atoms. The van der Waals surface area contributed by atoms with Gasteiger partial charge in [0.05, 0.1) is 12.1 Å². The van der Waals surface area contributed by atoms with Gasteiger partial charge in [-0.3, -0.25) is 0 Å². The Morgan fingerprint density at radius 3 is 2.55 bits per heavy atom. The molecule has 2 heterocycles. The molecule has 4 rings (SSSR count). The maximum Gasteiger partial charge on any atom is 0.416 e. The number of aromatic hydroxyl groups is 1. The number of rotatable bonds is 3. The molecule has 1 amide bonds. The van der Waals surface area contributed by atoms with E-state index in [1.165, 1.54) is 4.90 Å². The van der Waals surface area contributed by atoms with E-state index in [-0.39, 0.29) is 23.7 Å². The summed E-state index contributed by atoms with van der Waals surface area (Å²) in [5, 5.41) is 28.7. The number of alkyl halides is 3. The van der Waals surface area contributed by atoms with Gasteiger partial charge in [-0.1, -0.05) is 18.2 Å². The number of piperidine rings is 1. The molecular formula is C21H18F3N3O4. The Balaban J connectivity index is 1.70. The third-order valence-electron chi connectivity index (χ3n) is 5.16. The van der Waals surface area contributed by atoms with Gasteiger partial charge in [-0.25, -0.2) is 4.79 Å². The average molecular weight is 433 g/mol. The number of phenolic OH excluding ortho intramolecular Hbond substituents is 1. The number of hydrogen-bond donors (Lipinski definition) is 2. The number of ether oxygens (including phenoxy) is 1. The van der Waals surface area contributed by atoms with E-state index in [2.05, 4.69) is 10.2 Å². The summed E-state index contributed by atoms with van der Waals surface area (Å²) in [7, 11) is 0. The molecule has 0 saturated carbocycles. The van der Waals surface area contributed by atoms with E-state index < -0.39 is 29.7 Å². The van der Waals surface area contributed by atoms with Crippen LogP contribution in [0.1, 0.15) is 18.4 Å². The predicted octanol–water partition coefficient (Wildman–Crippen LogP) is 4.54. The molecule has 1 unspecified atom stereocenters. The molecule has 10 heteroatoms. The lowest BCUT2D eigenvalue weighted by atomic mass is 10.0. The minimum Gasteiger partial charge on any atom is -0.507 e. The summed E-state index contributed by atoms with van der Waals surface area (Å²) < 4.78 is 44.7. The molecule has 1 atom stereocenters. The molecular weight excluding hydrogens is 415 g/mol. The van der Waals surface area contributed by atoms with Crippen LogP contribution in [0.3, 0.4) is 0 Å². The van der Waals surface area contributed by atoms with Gasteiger partial charge in [-0.2, -0.15) is 13.2 Å². The molecule has 0 bridgehead atoms. The second-order valence-electron chi connectivity index (χ2n) is 7.24. The van der Waals surface area contributed by atoms with E-state index in [0.717, 1.165) is 12.1 Å². The zero-order valence-electron chi connectivity index (χ0n) is 16.1. The van der Waals surface area contributed by atoms with Gasteiger partial charge in [-0.05, 0) is 37.1 Å². The van der Waals surface area contributed by atoms with Crippen LogP contribution in [-0.4, -0.2) is 50.6 Å². The van der Waals surface area contributed by atoms with E-state index in [1.54, 1.807) is 24.3 Å². The number of phenols is 1. The van der Waals surface area contributed by atoms with E-state index in [4.69, 9.17) is 4.74 Å². The van der Waals surface area contributed by atoms with Crippen molar-refractivity contribution in [3.63, 3.8) is 0 Å². The SMILES string of the molecule is O=C(O)N1CCCC(Oc2nnc(-c3ccc(C(F)(F)F)cc3O)c3ccccc23)C1. The van der Waals surface area contributed by atoms with Crippen molar-refractivity contribution in [1.29, 1.82) is 0 Å². The third-order valence-corrected chi connectivity index (χ3v) is 5.16. The first-order valence-electron chi connectivity index (χ1n) is 9.54. The van der Waals surface area contributed by atoms with Crippen molar-refractivity contribution in [2.24, 2.45) is 0 Å². The number of hydrogen-bond acceptors (Lipinski definition) is 5. The largest absolute Gasteiger partial charge is 0.507 e. The summed E-state index contributed by atoms with van der Waals surface area (Å²) in [6.07, 6.45) is -4.68. The van der Waals surface area contributed by atoms with Crippen LogP contribution < -0.4 is 4.74 Å². The van der Waals surface area contributed by atoms with Gasteiger partial charge < -0.3 is 19.8 Å². The van der Waals surface area contributed by atoms with Crippen LogP contribution >= 0.6 is 0 Å². The number of aromatic nitrogens is 2. The van der Waals surface area contributed by atoms with Gasteiger partial charge in [-0.15, -0.1) is 10.2 Å². The number of carbonyl (C=O) groups is 1. The Hall–Kier alpha value is -3.56. The normalized spacial score (nSPS) is 17.0. The van der Waals surface area contributed by atoms with Gasteiger partial charge in [0.1, 0.15) is 17.5 Å². The summed E-state index contributed by atoms with van der Waals surface area (Å²) in [6.45, 7) is 0.639. The Bertz CT molecular complexity index is 1140. The number of nitrogens with zero attached hydrogens (tertiary/aromatic N) is 3. The zero-order valence-corrected chi connectivity index (χ0v) is 16.1. The van der Waals surface area contributed by atoms with Crippen LogP contribution in [0.4, 0.5) is 18.0 Å². The fourth-order valence-corrected chi connectivity index (χ4v) is 3.64. The highest BCUT2D eigenvalue weighted by Crippen LogP contribution is 2.39. The molecule has 0 aliphatic carbocycles. The second kappa shape index (κ2) is 7.93. The molecule has 31 heavy (non-hydrogen) atoms. The van der Waals surface area contributed by atoms with E-state index in [0.29, 0.717) is 36.2 Å². The number of halogens is 3. The molecule has 2 aromatic carbocycles. The van der Waals surface area contributed by atoms with Crippen LogP contribution in [0.5, 0.6) is 11.6 Å². The van der Waals surface area contributed by atoms with Crippen LogP contribution in [0.15, 0.2) is 42.5 Å². The Kier molecular flexibility index (Phi) is 5.30.